The minimum atomic E-state index is -0.123. The summed E-state index contributed by atoms with van der Waals surface area (Å²) in [6.07, 6.45) is 3.19. The summed E-state index contributed by atoms with van der Waals surface area (Å²) in [5.41, 5.74) is 4.97. The van der Waals surface area contributed by atoms with Crippen molar-refractivity contribution in [1.82, 2.24) is 0 Å². The highest BCUT2D eigenvalue weighted by molar-refractivity contribution is 6.00. The molecule has 0 aromatic heterocycles. The van der Waals surface area contributed by atoms with Crippen molar-refractivity contribution in [3.05, 3.63) is 59.7 Å². The fourth-order valence-corrected chi connectivity index (χ4v) is 3.89. The van der Waals surface area contributed by atoms with Crippen LogP contribution in [-0.2, 0) is 17.6 Å². The first-order valence-electron chi connectivity index (χ1n) is 8.49. The number of para-hydroxylation sites is 2. The van der Waals surface area contributed by atoms with Gasteiger partial charge in [0.1, 0.15) is 6.04 Å². The first-order chi connectivity index (χ1) is 11.3. The van der Waals surface area contributed by atoms with Gasteiger partial charge in [-0.05, 0) is 49.4 Å². The van der Waals surface area contributed by atoms with Crippen molar-refractivity contribution in [2.75, 3.05) is 22.9 Å². The van der Waals surface area contributed by atoms with Crippen LogP contribution in [0.5, 0.6) is 0 Å². The van der Waals surface area contributed by atoms with Crippen molar-refractivity contribution in [3.63, 3.8) is 0 Å². The molecule has 2 heterocycles. The van der Waals surface area contributed by atoms with Crippen molar-refractivity contribution in [2.24, 2.45) is 0 Å². The van der Waals surface area contributed by atoms with E-state index in [0.29, 0.717) is 0 Å². The highest BCUT2D eigenvalue weighted by Crippen LogP contribution is 2.32. The molecule has 4 rings (SSSR count). The van der Waals surface area contributed by atoms with Gasteiger partial charge in [0.2, 0.25) is 5.91 Å². The number of hydrogen-bond acceptors (Lipinski definition) is 2. The Labute approximate surface area is 137 Å². The third-order valence-corrected chi connectivity index (χ3v) is 5.12. The van der Waals surface area contributed by atoms with Crippen LogP contribution in [0, 0.1) is 0 Å². The summed E-state index contributed by atoms with van der Waals surface area (Å²) >= 11 is 0. The van der Waals surface area contributed by atoms with Gasteiger partial charge in [-0.15, -0.1) is 0 Å². The van der Waals surface area contributed by atoms with Crippen LogP contribution < -0.4 is 9.80 Å². The second kappa shape index (κ2) is 5.73. The topological polar surface area (TPSA) is 23.6 Å². The molecular formula is C20H22N2O. The van der Waals surface area contributed by atoms with E-state index in [0.717, 1.165) is 38.0 Å². The second-order valence-corrected chi connectivity index (χ2v) is 6.47. The molecular weight excluding hydrogens is 284 g/mol. The van der Waals surface area contributed by atoms with E-state index in [2.05, 4.69) is 47.4 Å². The number of amides is 1. The summed E-state index contributed by atoms with van der Waals surface area (Å²) in [5, 5.41) is 0. The molecule has 2 aliphatic heterocycles. The first-order valence-corrected chi connectivity index (χ1v) is 8.49. The Morgan fingerprint density at radius 3 is 2.35 bits per heavy atom. The maximum absolute atomic E-state index is 13.1. The number of aryl methyl sites for hydroxylation is 1. The molecule has 23 heavy (non-hydrogen) atoms. The smallest absolute Gasteiger partial charge is 0.249 e. The van der Waals surface area contributed by atoms with E-state index in [9.17, 15) is 4.79 Å². The zero-order valence-electron chi connectivity index (χ0n) is 13.5. The van der Waals surface area contributed by atoms with Gasteiger partial charge < -0.3 is 9.80 Å². The first kappa shape index (κ1) is 14.3. The molecule has 0 N–H and O–H groups in total. The van der Waals surface area contributed by atoms with Gasteiger partial charge in [0.05, 0.1) is 0 Å². The molecule has 2 aromatic carbocycles. The van der Waals surface area contributed by atoms with Gasteiger partial charge in [-0.25, -0.2) is 0 Å². The Hall–Kier alpha value is -2.29. The number of benzene rings is 2. The Balaban J connectivity index is 1.61. The van der Waals surface area contributed by atoms with Crippen molar-refractivity contribution < 1.29 is 4.79 Å². The van der Waals surface area contributed by atoms with Crippen LogP contribution in [0.1, 0.15) is 24.5 Å². The molecule has 0 bridgehead atoms. The Bertz CT molecular complexity index is 740. The minimum absolute atomic E-state index is 0.123. The standard InChI is InChI=1S/C20H22N2O/c1-15(21-13-6-9-16-7-2-4-10-18(16)21)20(23)22-14-12-17-8-3-5-11-19(17)22/h2-5,7-8,10-11,15H,6,9,12-14H2,1H3/t15-/m1/s1. The largest absolute Gasteiger partial charge is 0.360 e. The van der Waals surface area contributed by atoms with Crippen LogP contribution in [-0.4, -0.2) is 25.0 Å². The molecule has 1 atom stereocenters. The van der Waals surface area contributed by atoms with E-state index in [1.165, 1.54) is 16.8 Å². The average Bonchev–Trinajstić information content (AvgIpc) is 3.04. The quantitative estimate of drug-likeness (QED) is 0.849. The van der Waals surface area contributed by atoms with Crippen LogP contribution in [0.3, 0.4) is 0 Å². The van der Waals surface area contributed by atoms with Crippen molar-refractivity contribution in [1.29, 1.82) is 0 Å². The van der Waals surface area contributed by atoms with E-state index in [1.807, 2.05) is 17.9 Å². The summed E-state index contributed by atoms with van der Waals surface area (Å²) in [4.78, 5) is 17.4. The number of anilines is 2. The van der Waals surface area contributed by atoms with Gasteiger partial charge in [-0.1, -0.05) is 36.4 Å². The number of nitrogens with zero attached hydrogens (tertiary/aromatic N) is 2. The van der Waals surface area contributed by atoms with Crippen molar-refractivity contribution in [3.8, 4) is 0 Å². The van der Waals surface area contributed by atoms with E-state index in [4.69, 9.17) is 0 Å². The van der Waals surface area contributed by atoms with Crippen LogP contribution >= 0.6 is 0 Å². The molecule has 2 aromatic rings. The molecule has 0 radical (unpaired) electrons. The minimum Gasteiger partial charge on any atom is -0.360 e. The molecule has 3 nitrogen and oxygen atoms in total. The molecule has 1 amide bonds. The van der Waals surface area contributed by atoms with Crippen LogP contribution in [0.4, 0.5) is 11.4 Å². The lowest BCUT2D eigenvalue weighted by Crippen LogP contribution is -2.48. The van der Waals surface area contributed by atoms with E-state index < -0.39 is 0 Å². The zero-order valence-corrected chi connectivity index (χ0v) is 13.5. The van der Waals surface area contributed by atoms with Gasteiger partial charge in [0.25, 0.3) is 0 Å². The van der Waals surface area contributed by atoms with Crippen molar-refractivity contribution >= 4 is 17.3 Å². The predicted octanol–water partition coefficient (Wildman–Crippen LogP) is 3.42. The molecule has 3 heteroatoms. The maximum atomic E-state index is 13.1. The molecule has 0 unspecified atom stereocenters. The van der Waals surface area contributed by atoms with E-state index >= 15 is 0 Å². The number of fused-ring (bicyclic) bond motifs is 2. The number of rotatable bonds is 2. The molecule has 0 fully saturated rings. The van der Waals surface area contributed by atoms with Crippen LogP contribution in [0.15, 0.2) is 48.5 Å². The molecule has 2 aliphatic rings. The highest BCUT2D eigenvalue weighted by atomic mass is 16.2. The lowest BCUT2D eigenvalue weighted by molar-refractivity contribution is -0.119. The zero-order chi connectivity index (χ0) is 15.8. The van der Waals surface area contributed by atoms with Gasteiger partial charge in [0, 0.05) is 24.5 Å². The highest BCUT2D eigenvalue weighted by Gasteiger charge is 2.32. The fourth-order valence-electron chi connectivity index (χ4n) is 3.89. The predicted molar refractivity (Wildman–Crippen MR) is 94.1 cm³/mol. The monoisotopic (exact) mass is 306 g/mol. The second-order valence-electron chi connectivity index (χ2n) is 6.47. The molecule has 0 saturated heterocycles. The Morgan fingerprint density at radius 1 is 0.913 bits per heavy atom. The van der Waals surface area contributed by atoms with Gasteiger partial charge >= 0.3 is 0 Å². The summed E-state index contributed by atoms with van der Waals surface area (Å²) in [6, 6.07) is 16.6. The Morgan fingerprint density at radius 2 is 1.57 bits per heavy atom. The summed E-state index contributed by atoms with van der Waals surface area (Å²) in [5.74, 6) is 0.214. The van der Waals surface area contributed by atoms with Gasteiger partial charge in [0.15, 0.2) is 0 Å². The molecule has 0 saturated carbocycles. The average molecular weight is 306 g/mol. The third kappa shape index (κ3) is 2.40. The summed E-state index contributed by atoms with van der Waals surface area (Å²) in [7, 11) is 0. The fraction of sp³-hybridized carbons (Fsp3) is 0.350. The normalized spacial score (nSPS) is 17.6. The number of hydrogen-bond donors (Lipinski definition) is 0. The SMILES string of the molecule is C[C@H](C(=O)N1CCc2ccccc21)N1CCCc2ccccc21. The summed E-state index contributed by atoms with van der Waals surface area (Å²) < 4.78 is 0. The lowest BCUT2D eigenvalue weighted by Gasteiger charge is -2.37. The molecule has 118 valence electrons. The van der Waals surface area contributed by atoms with Gasteiger partial charge in [-0.2, -0.15) is 0 Å². The summed E-state index contributed by atoms with van der Waals surface area (Å²) in [6.45, 7) is 3.81. The van der Waals surface area contributed by atoms with E-state index in [1.54, 1.807) is 0 Å². The molecule has 0 spiro atoms. The van der Waals surface area contributed by atoms with E-state index in [-0.39, 0.29) is 11.9 Å². The van der Waals surface area contributed by atoms with Crippen molar-refractivity contribution in [2.45, 2.75) is 32.2 Å². The molecule has 0 aliphatic carbocycles. The lowest BCUT2D eigenvalue weighted by atomic mass is 10.00. The van der Waals surface area contributed by atoms with Crippen LogP contribution in [0.2, 0.25) is 0 Å². The third-order valence-electron chi connectivity index (χ3n) is 5.12. The van der Waals surface area contributed by atoms with Crippen LogP contribution in [0.25, 0.3) is 0 Å². The Kier molecular flexibility index (Phi) is 3.56. The maximum Gasteiger partial charge on any atom is 0.249 e. The van der Waals surface area contributed by atoms with Gasteiger partial charge in [-0.3, -0.25) is 4.79 Å². The number of carbonyl (C=O) groups is 1. The number of carbonyl (C=O) groups excluding carboxylic acids is 1.